The van der Waals surface area contributed by atoms with E-state index in [1.807, 2.05) is 24.3 Å². The molecular formula is C26H36N7O6. The van der Waals surface area contributed by atoms with Gasteiger partial charge in [0.25, 0.3) is 0 Å². The zero-order valence-corrected chi connectivity index (χ0v) is 22.2. The number of rotatable bonds is 15. The minimum absolute atomic E-state index is 0.00190. The van der Waals surface area contributed by atoms with Crippen LogP contribution in [0.15, 0.2) is 30.5 Å². The van der Waals surface area contributed by atoms with Gasteiger partial charge in [-0.05, 0) is 30.9 Å². The SMILES string of the molecule is CC(C)[C@H](NC(=O)[C@H](C)NC(=O)[C@H](Cc1c[nH]c2ccccc12)NC(=O)C(N)CCC(N)=O)C(=O)NC[C]=O. The maximum absolute atomic E-state index is 13.3. The molecule has 0 aliphatic carbocycles. The van der Waals surface area contributed by atoms with Gasteiger partial charge in [0.2, 0.25) is 35.8 Å². The lowest BCUT2D eigenvalue weighted by molar-refractivity contribution is -0.134. The number of hydrogen-bond donors (Lipinski definition) is 7. The largest absolute Gasteiger partial charge is 0.370 e. The van der Waals surface area contributed by atoms with Crippen LogP contribution in [0.1, 0.15) is 39.2 Å². The number of aromatic amines is 1. The van der Waals surface area contributed by atoms with Crippen molar-refractivity contribution in [2.45, 2.75) is 64.2 Å². The number of amides is 5. The number of primary amides is 1. The van der Waals surface area contributed by atoms with Crippen molar-refractivity contribution in [3.63, 3.8) is 0 Å². The molecule has 13 heteroatoms. The first-order valence-electron chi connectivity index (χ1n) is 12.6. The lowest BCUT2D eigenvalue weighted by Crippen LogP contribution is -2.58. The van der Waals surface area contributed by atoms with E-state index in [-0.39, 0.29) is 31.7 Å². The minimum Gasteiger partial charge on any atom is -0.370 e. The zero-order valence-electron chi connectivity index (χ0n) is 22.2. The summed E-state index contributed by atoms with van der Waals surface area (Å²) in [5.74, 6) is -3.42. The van der Waals surface area contributed by atoms with Crippen molar-refractivity contribution in [2.75, 3.05) is 6.54 Å². The Balaban J connectivity index is 2.17. The topological polar surface area (TPSA) is 218 Å². The summed E-state index contributed by atoms with van der Waals surface area (Å²) in [5, 5.41) is 11.0. The van der Waals surface area contributed by atoms with Gasteiger partial charge in [0.1, 0.15) is 18.1 Å². The van der Waals surface area contributed by atoms with Crippen LogP contribution in [-0.2, 0) is 35.2 Å². The van der Waals surface area contributed by atoms with Crippen LogP contribution in [0.5, 0.6) is 0 Å². The van der Waals surface area contributed by atoms with Crippen molar-refractivity contribution in [3.05, 3.63) is 36.0 Å². The maximum Gasteiger partial charge on any atom is 0.243 e. The zero-order chi connectivity index (χ0) is 29.1. The van der Waals surface area contributed by atoms with E-state index >= 15 is 0 Å². The number of carbonyl (C=O) groups excluding carboxylic acids is 6. The lowest BCUT2D eigenvalue weighted by atomic mass is 10.0. The third-order valence-corrected chi connectivity index (χ3v) is 6.10. The van der Waals surface area contributed by atoms with Crippen LogP contribution in [0, 0.1) is 5.92 Å². The Labute approximate surface area is 226 Å². The van der Waals surface area contributed by atoms with Crippen LogP contribution in [0.3, 0.4) is 0 Å². The molecule has 2 aromatic rings. The summed E-state index contributed by atoms with van der Waals surface area (Å²) in [7, 11) is 0. The molecule has 1 unspecified atom stereocenters. The lowest BCUT2D eigenvalue weighted by Gasteiger charge is -2.25. The monoisotopic (exact) mass is 542 g/mol. The molecule has 9 N–H and O–H groups in total. The van der Waals surface area contributed by atoms with Gasteiger partial charge >= 0.3 is 0 Å². The molecular weight excluding hydrogens is 506 g/mol. The molecule has 39 heavy (non-hydrogen) atoms. The number of benzene rings is 1. The molecule has 0 bridgehead atoms. The maximum atomic E-state index is 13.3. The minimum atomic E-state index is -1.11. The van der Waals surface area contributed by atoms with E-state index in [0.29, 0.717) is 0 Å². The van der Waals surface area contributed by atoms with Crippen molar-refractivity contribution < 1.29 is 28.8 Å². The van der Waals surface area contributed by atoms with E-state index in [1.165, 1.54) is 6.92 Å². The second-order valence-electron chi connectivity index (χ2n) is 9.56. The highest BCUT2D eigenvalue weighted by Crippen LogP contribution is 2.19. The van der Waals surface area contributed by atoms with Crippen molar-refractivity contribution in [1.29, 1.82) is 0 Å². The van der Waals surface area contributed by atoms with Crippen LogP contribution in [0.2, 0.25) is 0 Å². The van der Waals surface area contributed by atoms with E-state index in [1.54, 1.807) is 26.3 Å². The third-order valence-electron chi connectivity index (χ3n) is 6.10. The number of nitrogens with two attached hydrogens (primary N) is 2. The fourth-order valence-electron chi connectivity index (χ4n) is 3.86. The van der Waals surface area contributed by atoms with Gasteiger partial charge in [-0.15, -0.1) is 0 Å². The van der Waals surface area contributed by atoms with Crippen LogP contribution in [-0.4, -0.2) is 71.5 Å². The Morgan fingerprint density at radius 2 is 1.64 bits per heavy atom. The van der Waals surface area contributed by atoms with Crippen LogP contribution in [0.25, 0.3) is 10.9 Å². The summed E-state index contributed by atoms with van der Waals surface area (Å²) >= 11 is 0. The molecule has 1 aromatic carbocycles. The van der Waals surface area contributed by atoms with Crippen molar-refractivity contribution in [1.82, 2.24) is 26.3 Å². The fourth-order valence-corrected chi connectivity index (χ4v) is 3.86. The molecule has 4 atom stereocenters. The molecule has 0 saturated carbocycles. The summed E-state index contributed by atoms with van der Waals surface area (Å²) in [4.78, 5) is 75.8. The standard InChI is InChI=1S/C26H36N7O6/c1-14(2)22(26(39)29-10-11-34)33-23(36)15(3)31-25(38)20(32-24(37)18(27)8-9-21(28)35)12-16-13-30-19-7-5-4-6-17(16)19/h4-7,13-15,18,20,22,30H,8-10,12,27H2,1-3H3,(H2,28,35)(H,29,39)(H,31,38)(H,32,37)(H,33,36)/t15-,18?,20-,22-/m0/s1. The number of para-hydroxylation sites is 1. The molecule has 0 saturated heterocycles. The Hall–Kier alpha value is -4.26. The summed E-state index contributed by atoms with van der Waals surface area (Å²) in [6.07, 6.45) is 3.26. The van der Waals surface area contributed by atoms with Crippen molar-refractivity contribution >= 4 is 46.7 Å². The average molecular weight is 543 g/mol. The molecule has 2 rings (SSSR count). The summed E-state index contributed by atoms with van der Waals surface area (Å²) in [5.41, 5.74) is 12.6. The van der Waals surface area contributed by atoms with Gasteiger partial charge in [-0.2, -0.15) is 0 Å². The number of fused-ring (bicyclic) bond motifs is 1. The Morgan fingerprint density at radius 1 is 0.949 bits per heavy atom. The van der Waals surface area contributed by atoms with Crippen LogP contribution >= 0.6 is 0 Å². The number of aromatic nitrogens is 1. The third kappa shape index (κ3) is 9.21. The first kappa shape index (κ1) is 31.0. The highest BCUT2D eigenvalue weighted by Gasteiger charge is 2.30. The molecule has 5 amide bonds. The summed E-state index contributed by atoms with van der Waals surface area (Å²) < 4.78 is 0. The number of hydrogen-bond acceptors (Lipinski definition) is 7. The first-order valence-corrected chi connectivity index (χ1v) is 12.6. The fraction of sp³-hybridized carbons (Fsp3) is 0.462. The van der Waals surface area contributed by atoms with Gasteiger partial charge in [0, 0.05) is 29.9 Å². The molecule has 0 aliphatic heterocycles. The highest BCUT2D eigenvalue weighted by molar-refractivity contribution is 5.95. The van der Waals surface area contributed by atoms with E-state index in [0.717, 1.165) is 16.5 Å². The quantitative estimate of drug-likeness (QED) is 0.143. The van der Waals surface area contributed by atoms with E-state index in [9.17, 15) is 28.8 Å². The normalized spacial score (nSPS) is 14.1. The van der Waals surface area contributed by atoms with Gasteiger partial charge in [0.05, 0.1) is 12.6 Å². The molecule has 1 heterocycles. The van der Waals surface area contributed by atoms with E-state index in [4.69, 9.17) is 11.5 Å². The number of carbonyl (C=O) groups is 5. The van der Waals surface area contributed by atoms with Gasteiger partial charge in [0.15, 0.2) is 0 Å². The van der Waals surface area contributed by atoms with Gasteiger partial charge in [-0.3, -0.25) is 28.8 Å². The smallest absolute Gasteiger partial charge is 0.243 e. The van der Waals surface area contributed by atoms with E-state index in [2.05, 4.69) is 26.3 Å². The first-order chi connectivity index (χ1) is 18.4. The van der Waals surface area contributed by atoms with E-state index < -0.39 is 53.7 Å². The van der Waals surface area contributed by atoms with Gasteiger partial charge in [-0.1, -0.05) is 32.0 Å². The second kappa shape index (κ2) is 14.6. The Kier molecular flexibility index (Phi) is 11.6. The molecule has 0 aliphatic rings. The molecule has 1 aromatic heterocycles. The molecule has 0 spiro atoms. The van der Waals surface area contributed by atoms with Crippen molar-refractivity contribution in [3.8, 4) is 0 Å². The Morgan fingerprint density at radius 3 is 2.28 bits per heavy atom. The Bertz CT molecular complexity index is 1190. The number of H-pyrrole nitrogens is 1. The van der Waals surface area contributed by atoms with Gasteiger partial charge in [-0.25, -0.2) is 0 Å². The molecule has 211 valence electrons. The van der Waals surface area contributed by atoms with Crippen LogP contribution in [0.4, 0.5) is 0 Å². The van der Waals surface area contributed by atoms with Gasteiger partial charge < -0.3 is 37.7 Å². The van der Waals surface area contributed by atoms with Crippen LogP contribution < -0.4 is 32.7 Å². The summed E-state index contributed by atoms with van der Waals surface area (Å²) in [6, 6.07) is 3.22. The average Bonchev–Trinajstić information content (AvgIpc) is 3.30. The number of nitrogens with one attached hydrogen (secondary N) is 5. The highest BCUT2D eigenvalue weighted by atomic mass is 16.2. The predicted molar refractivity (Wildman–Crippen MR) is 143 cm³/mol. The molecule has 0 fully saturated rings. The summed E-state index contributed by atoms with van der Waals surface area (Å²) in [6.45, 7) is 4.55. The molecule has 13 nitrogen and oxygen atoms in total. The molecule has 1 radical (unpaired) electrons. The van der Waals surface area contributed by atoms with Crippen molar-refractivity contribution in [2.24, 2.45) is 17.4 Å². The second-order valence-corrected chi connectivity index (χ2v) is 9.56. The predicted octanol–water partition coefficient (Wildman–Crippen LogP) is -1.34.